The molecule has 0 saturated heterocycles. The molecule has 3 unspecified atom stereocenters. The molecule has 1 aliphatic carbocycles. The molecule has 3 atom stereocenters. The Kier molecular flexibility index (Phi) is 4.13. The number of benzene rings is 1. The van der Waals surface area contributed by atoms with Gasteiger partial charge in [-0.1, -0.05) is 6.07 Å². The van der Waals surface area contributed by atoms with E-state index in [9.17, 15) is 0 Å². The summed E-state index contributed by atoms with van der Waals surface area (Å²) in [5, 5.41) is 3.68. The Bertz CT molecular complexity index is 463. The van der Waals surface area contributed by atoms with Crippen molar-refractivity contribution in [1.29, 1.82) is 0 Å². The van der Waals surface area contributed by atoms with Gasteiger partial charge in [0.2, 0.25) is 0 Å². The van der Waals surface area contributed by atoms with Crippen LogP contribution in [-0.2, 0) is 4.74 Å². The molecule has 1 aromatic carbocycles. The monoisotopic (exact) mass is 277 g/mol. The van der Waals surface area contributed by atoms with Crippen LogP contribution in [0.2, 0.25) is 0 Å². The Balaban J connectivity index is 1.69. The van der Waals surface area contributed by atoms with Crippen molar-refractivity contribution in [3.8, 4) is 11.5 Å². The molecule has 1 aliphatic heterocycles. The zero-order valence-corrected chi connectivity index (χ0v) is 12.2. The van der Waals surface area contributed by atoms with Crippen molar-refractivity contribution in [3.63, 3.8) is 0 Å². The SMILES string of the molecule is COC1CCCC1NC(C)c1ccc2c(c1)OCCO2. The van der Waals surface area contributed by atoms with Crippen LogP contribution in [-0.4, -0.2) is 32.5 Å². The van der Waals surface area contributed by atoms with Crippen molar-refractivity contribution in [2.75, 3.05) is 20.3 Å². The van der Waals surface area contributed by atoms with Gasteiger partial charge in [0.1, 0.15) is 13.2 Å². The average molecular weight is 277 g/mol. The Labute approximate surface area is 120 Å². The zero-order chi connectivity index (χ0) is 13.9. The molecule has 1 fully saturated rings. The summed E-state index contributed by atoms with van der Waals surface area (Å²) in [6, 6.07) is 6.93. The van der Waals surface area contributed by atoms with E-state index in [1.54, 1.807) is 7.11 Å². The van der Waals surface area contributed by atoms with Gasteiger partial charge in [-0.05, 0) is 43.9 Å². The first-order chi connectivity index (χ1) is 9.78. The number of methoxy groups -OCH3 is 1. The smallest absolute Gasteiger partial charge is 0.161 e. The molecule has 3 rings (SSSR count). The fourth-order valence-corrected chi connectivity index (χ4v) is 3.15. The van der Waals surface area contributed by atoms with Crippen molar-refractivity contribution >= 4 is 0 Å². The Morgan fingerprint density at radius 1 is 1.20 bits per heavy atom. The van der Waals surface area contributed by atoms with E-state index in [1.807, 2.05) is 6.07 Å². The molecular weight excluding hydrogens is 254 g/mol. The molecule has 110 valence electrons. The second-order valence-electron chi connectivity index (χ2n) is 5.60. The lowest BCUT2D eigenvalue weighted by Crippen LogP contribution is -2.38. The van der Waals surface area contributed by atoms with Crippen LogP contribution in [0.5, 0.6) is 11.5 Å². The molecule has 0 amide bonds. The summed E-state index contributed by atoms with van der Waals surface area (Å²) in [5.74, 6) is 1.71. The van der Waals surface area contributed by atoms with Crippen LogP contribution in [0.3, 0.4) is 0 Å². The van der Waals surface area contributed by atoms with Crippen LogP contribution >= 0.6 is 0 Å². The van der Waals surface area contributed by atoms with Crippen LogP contribution in [0.1, 0.15) is 37.8 Å². The van der Waals surface area contributed by atoms with E-state index in [4.69, 9.17) is 14.2 Å². The minimum atomic E-state index is 0.284. The molecule has 0 aromatic heterocycles. The van der Waals surface area contributed by atoms with Gasteiger partial charge in [0.15, 0.2) is 11.5 Å². The fourth-order valence-electron chi connectivity index (χ4n) is 3.15. The highest BCUT2D eigenvalue weighted by molar-refractivity contribution is 5.44. The van der Waals surface area contributed by atoms with Gasteiger partial charge in [0.05, 0.1) is 6.10 Å². The lowest BCUT2D eigenvalue weighted by atomic mass is 10.1. The van der Waals surface area contributed by atoms with E-state index >= 15 is 0 Å². The maximum absolute atomic E-state index is 5.65. The normalized spacial score (nSPS) is 26.5. The largest absolute Gasteiger partial charge is 0.486 e. The van der Waals surface area contributed by atoms with Crippen molar-refractivity contribution in [3.05, 3.63) is 23.8 Å². The summed E-state index contributed by atoms with van der Waals surface area (Å²) >= 11 is 0. The van der Waals surface area contributed by atoms with Gasteiger partial charge < -0.3 is 19.5 Å². The molecule has 0 radical (unpaired) electrons. The van der Waals surface area contributed by atoms with Crippen molar-refractivity contribution in [1.82, 2.24) is 5.32 Å². The minimum Gasteiger partial charge on any atom is -0.486 e. The van der Waals surface area contributed by atoms with Gasteiger partial charge in [0, 0.05) is 19.2 Å². The minimum absolute atomic E-state index is 0.284. The third kappa shape index (κ3) is 2.76. The molecule has 1 aromatic rings. The molecule has 0 bridgehead atoms. The quantitative estimate of drug-likeness (QED) is 0.918. The standard InChI is InChI=1S/C16H23NO3/c1-11(17-13-4-3-5-14(13)18-2)12-6-7-15-16(10-12)20-9-8-19-15/h6-7,10-11,13-14,17H,3-5,8-9H2,1-2H3. The molecule has 4 nitrogen and oxygen atoms in total. The number of nitrogens with one attached hydrogen (secondary N) is 1. The van der Waals surface area contributed by atoms with E-state index in [0.717, 1.165) is 17.9 Å². The van der Waals surface area contributed by atoms with Crippen LogP contribution < -0.4 is 14.8 Å². The summed E-state index contributed by atoms with van der Waals surface area (Å²) < 4.78 is 16.8. The van der Waals surface area contributed by atoms with Gasteiger partial charge in [0.25, 0.3) is 0 Å². The van der Waals surface area contributed by atoms with E-state index in [-0.39, 0.29) is 6.04 Å². The molecule has 1 heterocycles. The molecule has 1 saturated carbocycles. The van der Waals surface area contributed by atoms with E-state index < -0.39 is 0 Å². The van der Waals surface area contributed by atoms with Crippen molar-refractivity contribution in [2.45, 2.75) is 44.4 Å². The summed E-state index contributed by atoms with van der Waals surface area (Å²) in [6.45, 7) is 3.46. The second kappa shape index (κ2) is 6.02. The average Bonchev–Trinajstić information content (AvgIpc) is 2.94. The first-order valence-corrected chi connectivity index (χ1v) is 7.46. The van der Waals surface area contributed by atoms with Gasteiger partial charge in [-0.15, -0.1) is 0 Å². The van der Waals surface area contributed by atoms with Crippen molar-refractivity contribution in [2.24, 2.45) is 0 Å². The lowest BCUT2D eigenvalue weighted by molar-refractivity contribution is 0.0819. The van der Waals surface area contributed by atoms with Gasteiger partial charge in [-0.2, -0.15) is 0 Å². The molecule has 4 heteroatoms. The summed E-state index contributed by atoms with van der Waals surface area (Å²) in [5.41, 5.74) is 1.23. The number of hydrogen-bond donors (Lipinski definition) is 1. The number of fused-ring (bicyclic) bond motifs is 1. The highest BCUT2D eigenvalue weighted by Gasteiger charge is 2.28. The maximum Gasteiger partial charge on any atom is 0.161 e. The van der Waals surface area contributed by atoms with Gasteiger partial charge >= 0.3 is 0 Å². The van der Waals surface area contributed by atoms with Crippen LogP contribution in [0.25, 0.3) is 0 Å². The predicted octanol–water partition coefficient (Wildman–Crippen LogP) is 2.68. The Morgan fingerprint density at radius 3 is 2.80 bits per heavy atom. The lowest BCUT2D eigenvalue weighted by Gasteiger charge is -2.25. The van der Waals surface area contributed by atoms with Crippen LogP contribution in [0.4, 0.5) is 0 Å². The Morgan fingerprint density at radius 2 is 2.00 bits per heavy atom. The highest BCUT2D eigenvalue weighted by atomic mass is 16.6. The third-order valence-corrected chi connectivity index (χ3v) is 4.29. The van der Waals surface area contributed by atoms with E-state index in [2.05, 4.69) is 24.4 Å². The Hall–Kier alpha value is -1.26. The molecular formula is C16H23NO3. The van der Waals surface area contributed by atoms with Gasteiger partial charge in [-0.25, -0.2) is 0 Å². The molecule has 0 spiro atoms. The third-order valence-electron chi connectivity index (χ3n) is 4.29. The predicted molar refractivity (Wildman–Crippen MR) is 77.4 cm³/mol. The summed E-state index contributed by atoms with van der Waals surface area (Å²) in [4.78, 5) is 0. The molecule has 1 N–H and O–H groups in total. The van der Waals surface area contributed by atoms with Crippen molar-refractivity contribution < 1.29 is 14.2 Å². The summed E-state index contributed by atoms with van der Waals surface area (Å²) in [7, 11) is 1.80. The first kappa shape index (κ1) is 13.7. The second-order valence-corrected chi connectivity index (χ2v) is 5.60. The highest BCUT2D eigenvalue weighted by Crippen LogP contribution is 2.33. The topological polar surface area (TPSA) is 39.7 Å². The summed E-state index contributed by atoms with van der Waals surface area (Å²) in [6.07, 6.45) is 3.93. The first-order valence-electron chi connectivity index (χ1n) is 7.46. The van der Waals surface area contributed by atoms with Crippen LogP contribution in [0.15, 0.2) is 18.2 Å². The van der Waals surface area contributed by atoms with E-state index in [0.29, 0.717) is 25.4 Å². The van der Waals surface area contributed by atoms with Crippen LogP contribution in [0, 0.1) is 0 Å². The van der Waals surface area contributed by atoms with E-state index in [1.165, 1.54) is 18.4 Å². The molecule has 2 aliphatic rings. The number of hydrogen-bond acceptors (Lipinski definition) is 4. The number of ether oxygens (including phenoxy) is 3. The maximum atomic E-state index is 5.65. The molecule has 20 heavy (non-hydrogen) atoms. The fraction of sp³-hybridized carbons (Fsp3) is 0.625. The number of rotatable bonds is 4. The van der Waals surface area contributed by atoms with Gasteiger partial charge in [-0.3, -0.25) is 0 Å². The zero-order valence-electron chi connectivity index (χ0n) is 12.2.